The molecule has 14 heavy (non-hydrogen) atoms. The Morgan fingerprint density at radius 2 is 2.29 bits per heavy atom. The molecule has 0 aromatic carbocycles. The molecule has 2 aliphatic rings. The van der Waals surface area contributed by atoms with Gasteiger partial charge in [0, 0.05) is 18.6 Å². The molecule has 0 bridgehead atoms. The highest BCUT2D eigenvalue weighted by Crippen LogP contribution is 2.26. The first kappa shape index (κ1) is 10.4. The molecule has 2 saturated heterocycles. The van der Waals surface area contributed by atoms with Gasteiger partial charge in [0.1, 0.15) is 0 Å². The standard InChI is InChI=1S/C12H24N2/c1-3-4-10(2)14-8-6-11-5-7-13-12(11)9-14/h10-13H,3-9H2,1-2H3. The summed E-state index contributed by atoms with van der Waals surface area (Å²) in [4.78, 5) is 2.68. The highest BCUT2D eigenvalue weighted by molar-refractivity contribution is 4.91. The molecule has 3 unspecified atom stereocenters. The third-order valence-corrected chi connectivity index (χ3v) is 4.04. The first-order valence-corrected chi connectivity index (χ1v) is 6.28. The Morgan fingerprint density at radius 3 is 3.07 bits per heavy atom. The van der Waals surface area contributed by atoms with E-state index < -0.39 is 0 Å². The summed E-state index contributed by atoms with van der Waals surface area (Å²) in [5.41, 5.74) is 0. The van der Waals surface area contributed by atoms with Gasteiger partial charge in [-0.05, 0) is 45.2 Å². The van der Waals surface area contributed by atoms with Crippen LogP contribution in [0.15, 0.2) is 0 Å². The third-order valence-electron chi connectivity index (χ3n) is 4.04. The van der Waals surface area contributed by atoms with Crippen molar-refractivity contribution in [1.29, 1.82) is 0 Å². The Balaban J connectivity index is 1.84. The van der Waals surface area contributed by atoms with Gasteiger partial charge in [0.25, 0.3) is 0 Å². The van der Waals surface area contributed by atoms with E-state index >= 15 is 0 Å². The maximum Gasteiger partial charge on any atom is 0.0224 e. The second-order valence-electron chi connectivity index (χ2n) is 5.03. The van der Waals surface area contributed by atoms with Gasteiger partial charge in [-0.1, -0.05) is 13.3 Å². The van der Waals surface area contributed by atoms with Crippen molar-refractivity contribution < 1.29 is 0 Å². The SMILES string of the molecule is CCCC(C)N1CCC2CCNC2C1. The molecule has 0 radical (unpaired) electrons. The highest BCUT2D eigenvalue weighted by atomic mass is 15.2. The van der Waals surface area contributed by atoms with Gasteiger partial charge in [-0.25, -0.2) is 0 Å². The zero-order valence-corrected chi connectivity index (χ0v) is 9.63. The first-order valence-electron chi connectivity index (χ1n) is 6.28. The predicted molar refractivity (Wildman–Crippen MR) is 60.5 cm³/mol. The van der Waals surface area contributed by atoms with Crippen LogP contribution in [0.3, 0.4) is 0 Å². The largest absolute Gasteiger partial charge is 0.312 e. The van der Waals surface area contributed by atoms with Crippen molar-refractivity contribution in [2.24, 2.45) is 5.92 Å². The summed E-state index contributed by atoms with van der Waals surface area (Å²) < 4.78 is 0. The van der Waals surface area contributed by atoms with Crippen molar-refractivity contribution in [1.82, 2.24) is 10.2 Å². The monoisotopic (exact) mass is 196 g/mol. The number of piperidine rings is 1. The lowest BCUT2D eigenvalue weighted by atomic mass is 9.91. The van der Waals surface area contributed by atoms with Crippen LogP contribution in [-0.4, -0.2) is 36.6 Å². The average Bonchev–Trinajstić information content (AvgIpc) is 2.64. The molecule has 2 aliphatic heterocycles. The zero-order chi connectivity index (χ0) is 9.97. The van der Waals surface area contributed by atoms with Crippen molar-refractivity contribution >= 4 is 0 Å². The zero-order valence-electron chi connectivity index (χ0n) is 9.63. The summed E-state index contributed by atoms with van der Waals surface area (Å²) >= 11 is 0. The molecular weight excluding hydrogens is 172 g/mol. The van der Waals surface area contributed by atoms with Crippen LogP contribution in [0.5, 0.6) is 0 Å². The summed E-state index contributed by atoms with van der Waals surface area (Å²) in [6.07, 6.45) is 5.52. The Labute approximate surface area is 88.1 Å². The Kier molecular flexibility index (Phi) is 3.45. The van der Waals surface area contributed by atoms with Crippen LogP contribution in [0.2, 0.25) is 0 Å². The van der Waals surface area contributed by atoms with Gasteiger partial charge >= 0.3 is 0 Å². The van der Waals surface area contributed by atoms with Crippen molar-refractivity contribution in [3.8, 4) is 0 Å². The number of hydrogen-bond acceptors (Lipinski definition) is 2. The molecule has 82 valence electrons. The second kappa shape index (κ2) is 4.63. The van der Waals surface area contributed by atoms with E-state index in [1.165, 1.54) is 45.3 Å². The van der Waals surface area contributed by atoms with Crippen LogP contribution in [0.25, 0.3) is 0 Å². The fourth-order valence-electron chi connectivity index (χ4n) is 3.06. The lowest BCUT2D eigenvalue weighted by Gasteiger charge is -2.38. The highest BCUT2D eigenvalue weighted by Gasteiger charge is 2.33. The fourth-order valence-corrected chi connectivity index (χ4v) is 3.06. The molecule has 0 aromatic rings. The van der Waals surface area contributed by atoms with Crippen LogP contribution >= 0.6 is 0 Å². The smallest absolute Gasteiger partial charge is 0.0224 e. The van der Waals surface area contributed by atoms with E-state index in [0.717, 1.165) is 18.0 Å². The van der Waals surface area contributed by atoms with Gasteiger partial charge in [-0.15, -0.1) is 0 Å². The number of hydrogen-bond donors (Lipinski definition) is 1. The van der Waals surface area contributed by atoms with E-state index in [-0.39, 0.29) is 0 Å². The number of likely N-dealkylation sites (tertiary alicyclic amines) is 1. The van der Waals surface area contributed by atoms with Crippen LogP contribution < -0.4 is 5.32 Å². The van der Waals surface area contributed by atoms with E-state index in [0.29, 0.717) is 0 Å². The Morgan fingerprint density at radius 1 is 1.43 bits per heavy atom. The summed E-state index contributed by atoms with van der Waals surface area (Å²) in [5, 5.41) is 3.64. The van der Waals surface area contributed by atoms with Crippen LogP contribution in [0.1, 0.15) is 39.5 Å². The van der Waals surface area contributed by atoms with Crippen LogP contribution in [-0.2, 0) is 0 Å². The summed E-state index contributed by atoms with van der Waals surface area (Å²) in [5.74, 6) is 0.986. The van der Waals surface area contributed by atoms with Gasteiger partial charge in [0.15, 0.2) is 0 Å². The molecule has 1 N–H and O–H groups in total. The molecule has 0 aromatic heterocycles. The van der Waals surface area contributed by atoms with Gasteiger partial charge in [0.2, 0.25) is 0 Å². The minimum Gasteiger partial charge on any atom is -0.312 e. The molecule has 3 atom stereocenters. The Bertz CT molecular complexity index is 181. The number of rotatable bonds is 3. The molecular formula is C12H24N2. The van der Waals surface area contributed by atoms with Crippen LogP contribution in [0.4, 0.5) is 0 Å². The van der Waals surface area contributed by atoms with Gasteiger partial charge in [0.05, 0.1) is 0 Å². The molecule has 0 aliphatic carbocycles. The van der Waals surface area contributed by atoms with Crippen molar-refractivity contribution in [2.45, 2.75) is 51.6 Å². The molecule has 0 saturated carbocycles. The molecule has 2 nitrogen and oxygen atoms in total. The number of nitrogens with one attached hydrogen (secondary N) is 1. The molecule has 0 amide bonds. The van der Waals surface area contributed by atoms with Crippen molar-refractivity contribution in [3.63, 3.8) is 0 Å². The maximum atomic E-state index is 3.64. The lowest BCUT2D eigenvalue weighted by Crippen LogP contribution is -2.49. The Hall–Kier alpha value is -0.0800. The molecule has 2 heterocycles. The summed E-state index contributed by atoms with van der Waals surface area (Å²) in [6.45, 7) is 8.57. The van der Waals surface area contributed by atoms with Gasteiger partial charge in [-0.3, -0.25) is 4.90 Å². The fraction of sp³-hybridized carbons (Fsp3) is 1.00. The average molecular weight is 196 g/mol. The minimum atomic E-state index is 0.795. The van der Waals surface area contributed by atoms with Crippen LogP contribution in [0, 0.1) is 5.92 Å². The molecule has 2 fully saturated rings. The quantitative estimate of drug-likeness (QED) is 0.741. The van der Waals surface area contributed by atoms with Crippen molar-refractivity contribution in [2.75, 3.05) is 19.6 Å². The van der Waals surface area contributed by atoms with Crippen molar-refractivity contribution in [3.05, 3.63) is 0 Å². The van der Waals surface area contributed by atoms with E-state index in [2.05, 4.69) is 24.1 Å². The van der Waals surface area contributed by atoms with Gasteiger partial charge < -0.3 is 5.32 Å². The maximum absolute atomic E-state index is 3.64. The van der Waals surface area contributed by atoms with E-state index in [9.17, 15) is 0 Å². The second-order valence-corrected chi connectivity index (χ2v) is 5.03. The van der Waals surface area contributed by atoms with E-state index in [4.69, 9.17) is 0 Å². The van der Waals surface area contributed by atoms with Gasteiger partial charge in [-0.2, -0.15) is 0 Å². The predicted octanol–water partition coefficient (Wildman–Crippen LogP) is 1.86. The molecule has 2 heteroatoms. The first-order chi connectivity index (χ1) is 6.81. The third kappa shape index (κ3) is 2.12. The van der Waals surface area contributed by atoms with E-state index in [1.807, 2.05) is 0 Å². The number of fused-ring (bicyclic) bond motifs is 1. The molecule has 2 rings (SSSR count). The summed E-state index contributed by atoms with van der Waals surface area (Å²) in [6, 6.07) is 1.60. The minimum absolute atomic E-state index is 0.795. The number of nitrogens with zero attached hydrogens (tertiary/aromatic N) is 1. The van der Waals surface area contributed by atoms with E-state index in [1.54, 1.807) is 0 Å². The lowest BCUT2D eigenvalue weighted by molar-refractivity contribution is 0.121. The normalized spacial score (nSPS) is 35.6. The topological polar surface area (TPSA) is 15.3 Å². The molecule has 0 spiro atoms. The summed E-state index contributed by atoms with van der Waals surface area (Å²) in [7, 11) is 0.